The second kappa shape index (κ2) is 6.36. The summed E-state index contributed by atoms with van der Waals surface area (Å²) in [6.07, 6.45) is 8.59. The van der Waals surface area contributed by atoms with Crippen LogP contribution in [0.2, 0.25) is 0 Å². The average Bonchev–Trinajstić information content (AvgIpc) is 3.37. The number of amides is 1. The van der Waals surface area contributed by atoms with Crippen LogP contribution in [0.25, 0.3) is 0 Å². The van der Waals surface area contributed by atoms with Crippen molar-refractivity contribution >= 4 is 5.91 Å². The van der Waals surface area contributed by atoms with Crippen molar-refractivity contribution in [1.29, 1.82) is 0 Å². The van der Waals surface area contributed by atoms with E-state index in [0.29, 0.717) is 24.6 Å². The average molecular weight is 326 g/mol. The lowest BCUT2D eigenvalue weighted by atomic mass is 9.99. The number of hydrogen-bond donors (Lipinski definition) is 0. The summed E-state index contributed by atoms with van der Waals surface area (Å²) in [5.74, 6) is 0.744. The molecule has 0 aromatic carbocycles. The van der Waals surface area contributed by atoms with Gasteiger partial charge in [0.2, 0.25) is 0 Å². The van der Waals surface area contributed by atoms with Crippen molar-refractivity contribution in [2.24, 2.45) is 13.0 Å². The number of fused-ring (bicyclic) bond motifs is 1. The van der Waals surface area contributed by atoms with E-state index < -0.39 is 0 Å². The Bertz CT molecular complexity index is 724. The van der Waals surface area contributed by atoms with E-state index in [2.05, 4.69) is 10.1 Å². The van der Waals surface area contributed by atoms with Crippen LogP contribution in [0.5, 0.6) is 0 Å². The number of nitrogens with zero attached hydrogens (tertiary/aromatic N) is 4. The second-order valence-electron chi connectivity index (χ2n) is 6.66. The second-order valence-corrected chi connectivity index (χ2v) is 6.66. The van der Waals surface area contributed by atoms with E-state index >= 15 is 0 Å². The van der Waals surface area contributed by atoms with Gasteiger partial charge in [0, 0.05) is 38.2 Å². The minimum atomic E-state index is -0.0827. The first kappa shape index (κ1) is 15.3. The SMILES string of the molecule is Cn1ncc2c1[C@H](COCC1CC1)N(C(=O)c1ccncc1)CC2. The van der Waals surface area contributed by atoms with E-state index in [9.17, 15) is 4.79 Å². The summed E-state index contributed by atoms with van der Waals surface area (Å²) >= 11 is 0. The molecule has 6 heteroatoms. The third-order valence-electron chi connectivity index (χ3n) is 4.89. The summed E-state index contributed by atoms with van der Waals surface area (Å²) in [7, 11) is 1.94. The molecule has 1 fully saturated rings. The fourth-order valence-corrected chi connectivity index (χ4v) is 3.36. The molecule has 2 aliphatic rings. The Morgan fingerprint density at radius 2 is 2.08 bits per heavy atom. The zero-order valence-corrected chi connectivity index (χ0v) is 13.9. The van der Waals surface area contributed by atoms with Gasteiger partial charge in [0.25, 0.3) is 5.91 Å². The van der Waals surface area contributed by atoms with Crippen LogP contribution >= 0.6 is 0 Å². The highest BCUT2D eigenvalue weighted by Gasteiger charge is 2.34. The first-order valence-electron chi connectivity index (χ1n) is 8.53. The lowest BCUT2D eigenvalue weighted by Gasteiger charge is -2.36. The van der Waals surface area contributed by atoms with Gasteiger partial charge < -0.3 is 9.64 Å². The maximum absolute atomic E-state index is 13.0. The summed E-state index contributed by atoms with van der Waals surface area (Å²) in [5, 5.41) is 4.38. The number of carbonyl (C=O) groups is 1. The molecule has 24 heavy (non-hydrogen) atoms. The molecular weight excluding hydrogens is 304 g/mol. The van der Waals surface area contributed by atoms with Gasteiger partial charge in [0.15, 0.2) is 0 Å². The summed E-state index contributed by atoms with van der Waals surface area (Å²) in [4.78, 5) is 18.9. The van der Waals surface area contributed by atoms with E-state index in [-0.39, 0.29) is 11.9 Å². The molecule has 2 aromatic heterocycles. The fraction of sp³-hybridized carbons (Fsp3) is 0.500. The Hall–Kier alpha value is -2.21. The quantitative estimate of drug-likeness (QED) is 0.843. The van der Waals surface area contributed by atoms with Gasteiger partial charge in [-0.1, -0.05) is 0 Å². The van der Waals surface area contributed by atoms with Gasteiger partial charge >= 0.3 is 0 Å². The Kier molecular flexibility index (Phi) is 4.06. The van der Waals surface area contributed by atoms with E-state index in [1.54, 1.807) is 24.5 Å². The first-order valence-corrected chi connectivity index (χ1v) is 8.53. The van der Waals surface area contributed by atoms with Crippen LogP contribution in [-0.4, -0.2) is 45.3 Å². The zero-order valence-electron chi connectivity index (χ0n) is 13.9. The molecular formula is C18H22N4O2. The molecule has 0 unspecified atom stereocenters. The predicted molar refractivity (Wildman–Crippen MR) is 88.5 cm³/mol. The van der Waals surface area contributed by atoms with Crippen LogP contribution in [0.3, 0.4) is 0 Å². The Morgan fingerprint density at radius 3 is 2.83 bits per heavy atom. The van der Waals surface area contributed by atoms with Crippen LogP contribution in [0.15, 0.2) is 30.7 Å². The van der Waals surface area contributed by atoms with Crippen LogP contribution in [0.1, 0.15) is 40.5 Å². The van der Waals surface area contributed by atoms with Gasteiger partial charge in [-0.05, 0) is 42.9 Å². The molecule has 0 bridgehead atoms. The zero-order chi connectivity index (χ0) is 16.5. The summed E-state index contributed by atoms with van der Waals surface area (Å²) in [5.41, 5.74) is 2.98. The Morgan fingerprint density at radius 1 is 1.29 bits per heavy atom. The van der Waals surface area contributed by atoms with Crippen molar-refractivity contribution in [1.82, 2.24) is 19.7 Å². The molecule has 2 aromatic rings. The van der Waals surface area contributed by atoms with Crippen molar-refractivity contribution in [2.75, 3.05) is 19.8 Å². The number of aromatic nitrogens is 3. The largest absolute Gasteiger partial charge is 0.379 e. The summed E-state index contributed by atoms with van der Waals surface area (Å²) in [6.45, 7) is 2.01. The van der Waals surface area contributed by atoms with Crippen LogP contribution in [0.4, 0.5) is 0 Å². The molecule has 3 heterocycles. The molecule has 1 aliphatic carbocycles. The summed E-state index contributed by atoms with van der Waals surface area (Å²) in [6, 6.07) is 3.45. The Labute approximate surface area is 141 Å². The number of carbonyl (C=O) groups excluding carboxylic acids is 1. The third-order valence-corrected chi connectivity index (χ3v) is 4.89. The highest BCUT2D eigenvalue weighted by atomic mass is 16.5. The minimum Gasteiger partial charge on any atom is -0.379 e. The molecule has 0 spiro atoms. The standard InChI is InChI=1S/C18H22N4O2/c1-21-17-15(10-20-21)6-9-22(16(17)12-24-11-13-2-3-13)18(23)14-4-7-19-8-5-14/h4-5,7-8,10,13,16H,2-3,6,9,11-12H2,1H3/t16-/m0/s1. The number of rotatable bonds is 5. The van der Waals surface area contributed by atoms with E-state index in [4.69, 9.17) is 4.74 Å². The van der Waals surface area contributed by atoms with Crippen LogP contribution in [-0.2, 0) is 18.2 Å². The molecule has 0 N–H and O–H groups in total. The lowest BCUT2D eigenvalue weighted by Crippen LogP contribution is -2.42. The molecule has 0 saturated heterocycles. The van der Waals surface area contributed by atoms with Crippen molar-refractivity contribution < 1.29 is 9.53 Å². The molecule has 1 atom stereocenters. The number of hydrogen-bond acceptors (Lipinski definition) is 4. The highest BCUT2D eigenvalue weighted by molar-refractivity contribution is 5.94. The van der Waals surface area contributed by atoms with Crippen molar-refractivity contribution in [3.05, 3.63) is 47.5 Å². The summed E-state index contributed by atoms with van der Waals surface area (Å²) < 4.78 is 7.83. The predicted octanol–water partition coefficient (Wildman–Crippen LogP) is 1.98. The van der Waals surface area contributed by atoms with Crippen LogP contribution in [0, 0.1) is 5.92 Å². The number of ether oxygens (including phenoxy) is 1. The lowest BCUT2D eigenvalue weighted by molar-refractivity contribution is 0.0348. The normalized spacial score (nSPS) is 20.0. The van der Waals surface area contributed by atoms with E-state index in [1.165, 1.54) is 18.4 Å². The van der Waals surface area contributed by atoms with Gasteiger partial charge in [-0.25, -0.2) is 0 Å². The van der Waals surface area contributed by atoms with E-state index in [0.717, 1.165) is 18.7 Å². The highest BCUT2D eigenvalue weighted by Crippen LogP contribution is 2.33. The molecule has 1 aliphatic heterocycles. The van der Waals surface area contributed by atoms with Crippen molar-refractivity contribution in [2.45, 2.75) is 25.3 Å². The molecule has 1 amide bonds. The topological polar surface area (TPSA) is 60.2 Å². The van der Waals surface area contributed by atoms with Gasteiger partial charge in [-0.15, -0.1) is 0 Å². The molecule has 126 valence electrons. The maximum Gasteiger partial charge on any atom is 0.254 e. The molecule has 0 radical (unpaired) electrons. The third kappa shape index (κ3) is 2.94. The van der Waals surface area contributed by atoms with Gasteiger partial charge in [-0.3, -0.25) is 14.5 Å². The van der Waals surface area contributed by atoms with Gasteiger partial charge in [0.05, 0.1) is 24.5 Å². The first-order chi connectivity index (χ1) is 11.7. The Balaban J connectivity index is 1.59. The minimum absolute atomic E-state index is 0.0317. The number of pyridine rings is 1. The van der Waals surface area contributed by atoms with Crippen molar-refractivity contribution in [3.8, 4) is 0 Å². The van der Waals surface area contributed by atoms with Crippen molar-refractivity contribution in [3.63, 3.8) is 0 Å². The number of aryl methyl sites for hydroxylation is 1. The van der Waals surface area contributed by atoms with Gasteiger partial charge in [0.1, 0.15) is 0 Å². The fourth-order valence-electron chi connectivity index (χ4n) is 3.36. The monoisotopic (exact) mass is 326 g/mol. The molecule has 1 saturated carbocycles. The van der Waals surface area contributed by atoms with E-state index in [1.807, 2.05) is 22.8 Å². The smallest absolute Gasteiger partial charge is 0.254 e. The molecule has 6 nitrogen and oxygen atoms in total. The van der Waals surface area contributed by atoms with Crippen LogP contribution < -0.4 is 0 Å². The van der Waals surface area contributed by atoms with Gasteiger partial charge in [-0.2, -0.15) is 5.10 Å². The molecule has 4 rings (SSSR count). The maximum atomic E-state index is 13.0.